The lowest BCUT2D eigenvalue weighted by Gasteiger charge is -2.17. The van der Waals surface area contributed by atoms with Crippen LogP contribution in [0, 0.1) is 0 Å². The van der Waals surface area contributed by atoms with E-state index in [1.54, 1.807) is 0 Å². The van der Waals surface area contributed by atoms with Crippen molar-refractivity contribution in [1.29, 1.82) is 0 Å². The maximum absolute atomic E-state index is 4.31. The zero-order valence-electron chi connectivity index (χ0n) is 10.9. The van der Waals surface area contributed by atoms with Gasteiger partial charge in [0.2, 0.25) is 0 Å². The van der Waals surface area contributed by atoms with Gasteiger partial charge in [0.05, 0.1) is 22.4 Å². The van der Waals surface area contributed by atoms with Crippen LogP contribution in [0.15, 0.2) is 22.8 Å². The van der Waals surface area contributed by atoms with Crippen molar-refractivity contribution >= 4 is 27.3 Å². The SMILES string of the molecule is CCNC(c1ccc(CC)s1)c1c(Br)cnn1C. The summed E-state index contributed by atoms with van der Waals surface area (Å²) in [5.74, 6) is 0. The molecule has 18 heavy (non-hydrogen) atoms. The Balaban J connectivity index is 2.39. The molecule has 2 heterocycles. The third-order valence-corrected chi connectivity index (χ3v) is 4.84. The van der Waals surface area contributed by atoms with Crippen LogP contribution in [-0.4, -0.2) is 16.3 Å². The first-order valence-electron chi connectivity index (χ1n) is 6.16. The molecule has 0 saturated heterocycles. The Morgan fingerprint density at radius 3 is 2.72 bits per heavy atom. The van der Waals surface area contributed by atoms with Crippen LogP contribution in [0.1, 0.15) is 35.3 Å². The number of hydrogen-bond acceptors (Lipinski definition) is 3. The molecule has 0 aliphatic heterocycles. The smallest absolute Gasteiger partial charge is 0.0853 e. The average molecular weight is 328 g/mol. The van der Waals surface area contributed by atoms with Crippen molar-refractivity contribution < 1.29 is 0 Å². The van der Waals surface area contributed by atoms with Gasteiger partial charge in [-0.25, -0.2) is 0 Å². The van der Waals surface area contributed by atoms with Crippen LogP contribution in [0.25, 0.3) is 0 Å². The molecule has 0 amide bonds. The van der Waals surface area contributed by atoms with E-state index in [0.29, 0.717) is 0 Å². The van der Waals surface area contributed by atoms with E-state index in [4.69, 9.17) is 0 Å². The molecular formula is C13H18BrN3S. The van der Waals surface area contributed by atoms with Crippen molar-refractivity contribution in [1.82, 2.24) is 15.1 Å². The molecule has 2 aromatic heterocycles. The first-order valence-corrected chi connectivity index (χ1v) is 7.77. The van der Waals surface area contributed by atoms with Crippen LogP contribution in [-0.2, 0) is 13.5 Å². The fraction of sp³-hybridized carbons (Fsp3) is 0.462. The van der Waals surface area contributed by atoms with Gasteiger partial charge in [0, 0.05) is 16.8 Å². The van der Waals surface area contributed by atoms with Crippen LogP contribution >= 0.6 is 27.3 Å². The Morgan fingerprint density at radius 2 is 2.22 bits per heavy atom. The van der Waals surface area contributed by atoms with Crippen molar-refractivity contribution in [2.45, 2.75) is 26.3 Å². The monoisotopic (exact) mass is 327 g/mol. The number of halogens is 1. The second kappa shape index (κ2) is 5.99. The highest BCUT2D eigenvalue weighted by Gasteiger charge is 2.21. The molecule has 1 N–H and O–H groups in total. The summed E-state index contributed by atoms with van der Waals surface area (Å²) < 4.78 is 2.99. The van der Waals surface area contributed by atoms with Crippen LogP contribution in [0.4, 0.5) is 0 Å². The summed E-state index contributed by atoms with van der Waals surface area (Å²) in [5.41, 5.74) is 1.18. The summed E-state index contributed by atoms with van der Waals surface area (Å²) in [6.07, 6.45) is 2.95. The lowest BCUT2D eigenvalue weighted by atomic mass is 10.1. The highest BCUT2D eigenvalue weighted by atomic mass is 79.9. The maximum atomic E-state index is 4.31. The molecular weight excluding hydrogens is 310 g/mol. The zero-order valence-corrected chi connectivity index (χ0v) is 13.3. The van der Waals surface area contributed by atoms with E-state index in [1.165, 1.54) is 15.4 Å². The summed E-state index contributed by atoms with van der Waals surface area (Å²) in [6.45, 7) is 5.26. The molecule has 1 unspecified atom stereocenters. The van der Waals surface area contributed by atoms with Gasteiger partial charge >= 0.3 is 0 Å². The first-order chi connectivity index (χ1) is 8.67. The van der Waals surface area contributed by atoms with E-state index >= 15 is 0 Å². The van der Waals surface area contributed by atoms with E-state index in [-0.39, 0.29) is 6.04 Å². The molecule has 0 aromatic carbocycles. The highest BCUT2D eigenvalue weighted by Crippen LogP contribution is 2.32. The van der Waals surface area contributed by atoms with Crippen LogP contribution in [0.2, 0.25) is 0 Å². The number of rotatable bonds is 5. The largest absolute Gasteiger partial charge is 0.305 e. The minimum absolute atomic E-state index is 0.210. The van der Waals surface area contributed by atoms with Crippen LogP contribution < -0.4 is 5.32 Å². The number of hydrogen-bond donors (Lipinski definition) is 1. The molecule has 3 nitrogen and oxygen atoms in total. The number of nitrogens with one attached hydrogen (secondary N) is 1. The fourth-order valence-corrected chi connectivity index (χ4v) is 3.63. The molecule has 0 spiro atoms. The van der Waals surface area contributed by atoms with Gasteiger partial charge in [0.1, 0.15) is 0 Å². The van der Waals surface area contributed by atoms with E-state index in [0.717, 1.165) is 17.4 Å². The van der Waals surface area contributed by atoms with Gasteiger partial charge in [-0.3, -0.25) is 4.68 Å². The summed E-state index contributed by atoms with van der Waals surface area (Å²) in [7, 11) is 1.98. The van der Waals surface area contributed by atoms with Gasteiger partial charge in [-0.2, -0.15) is 5.10 Å². The molecule has 0 radical (unpaired) electrons. The molecule has 98 valence electrons. The Morgan fingerprint density at radius 1 is 1.44 bits per heavy atom. The van der Waals surface area contributed by atoms with Gasteiger partial charge in [0.15, 0.2) is 0 Å². The van der Waals surface area contributed by atoms with Crippen molar-refractivity contribution in [2.75, 3.05) is 6.54 Å². The van der Waals surface area contributed by atoms with Crippen molar-refractivity contribution in [3.8, 4) is 0 Å². The van der Waals surface area contributed by atoms with E-state index in [9.17, 15) is 0 Å². The summed E-state index contributed by atoms with van der Waals surface area (Å²) >= 11 is 5.46. The Hall–Kier alpha value is -0.650. The lowest BCUT2D eigenvalue weighted by molar-refractivity contribution is 0.577. The molecule has 5 heteroatoms. The molecule has 0 bridgehead atoms. The molecule has 0 fully saturated rings. The molecule has 2 aromatic rings. The Kier molecular flexibility index (Phi) is 4.59. The zero-order chi connectivity index (χ0) is 13.1. The molecule has 0 saturated carbocycles. The van der Waals surface area contributed by atoms with Crippen molar-refractivity contribution in [3.05, 3.63) is 38.3 Å². The topological polar surface area (TPSA) is 29.9 Å². The Bertz CT molecular complexity index is 499. The van der Waals surface area contributed by atoms with E-state index < -0.39 is 0 Å². The van der Waals surface area contributed by atoms with Gasteiger partial charge in [-0.15, -0.1) is 11.3 Å². The number of aromatic nitrogens is 2. The predicted octanol–water partition coefficient (Wildman–Crippen LogP) is 3.51. The Labute approximate surface area is 120 Å². The average Bonchev–Trinajstić information content (AvgIpc) is 2.95. The van der Waals surface area contributed by atoms with Gasteiger partial charge in [-0.1, -0.05) is 13.8 Å². The van der Waals surface area contributed by atoms with Gasteiger partial charge in [-0.05, 0) is 41.0 Å². The van der Waals surface area contributed by atoms with Crippen molar-refractivity contribution in [3.63, 3.8) is 0 Å². The van der Waals surface area contributed by atoms with Crippen molar-refractivity contribution in [2.24, 2.45) is 7.05 Å². The first kappa shape index (κ1) is 13.8. The summed E-state index contributed by atoms with van der Waals surface area (Å²) in [4.78, 5) is 2.77. The number of aryl methyl sites for hydroxylation is 2. The quantitative estimate of drug-likeness (QED) is 0.910. The van der Waals surface area contributed by atoms with Crippen LogP contribution in [0.3, 0.4) is 0 Å². The molecule has 0 aliphatic rings. The molecule has 0 aliphatic carbocycles. The second-order valence-electron chi connectivity index (χ2n) is 4.15. The summed E-state index contributed by atoms with van der Waals surface area (Å²) in [5, 5.41) is 7.85. The third-order valence-electron chi connectivity index (χ3n) is 2.93. The van der Waals surface area contributed by atoms with E-state index in [2.05, 4.69) is 52.3 Å². The predicted molar refractivity (Wildman–Crippen MR) is 80.1 cm³/mol. The lowest BCUT2D eigenvalue weighted by Crippen LogP contribution is -2.23. The third kappa shape index (κ3) is 2.68. The van der Waals surface area contributed by atoms with Crippen LogP contribution in [0.5, 0.6) is 0 Å². The maximum Gasteiger partial charge on any atom is 0.0853 e. The number of thiophene rings is 1. The minimum atomic E-state index is 0.210. The minimum Gasteiger partial charge on any atom is -0.305 e. The fourth-order valence-electron chi connectivity index (χ4n) is 2.02. The molecule has 1 atom stereocenters. The van der Waals surface area contributed by atoms with Gasteiger partial charge in [0.25, 0.3) is 0 Å². The standard InChI is InChI=1S/C13H18BrN3S/c1-4-9-6-7-11(18-9)12(15-5-2)13-10(14)8-16-17(13)3/h6-8,12,15H,4-5H2,1-3H3. The second-order valence-corrected chi connectivity index (χ2v) is 6.20. The molecule has 2 rings (SSSR count). The summed E-state index contributed by atoms with van der Waals surface area (Å²) in [6, 6.07) is 4.65. The van der Waals surface area contributed by atoms with Gasteiger partial charge < -0.3 is 5.32 Å². The van der Waals surface area contributed by atoms with E-state index in [1.807, 2.05) is 29.3 Å². The highest BCUT2D eigenvalue weighted by molar-refractivity contribution is 9.10. The number of nitrogens with zero attached hydrogens (tertiary/aromatic N) is 2. The normalized spacial score (nSPS) is 12.9.